The molecule has 0 amide bonds. The normalized spacial score (nSPS) is 11.7. The van der Waals surface area contributed by atoms with E-state index in [1.165, 1.54) is 96.5 Å². The van der Waals surface area contributed by atoms with Gasteiger partial charge in [-0.2, -0.15) is 0 Å². The number of rotatable bonds is 8. The molecule has 0 saturated carbocycles. The highest BCUT2D eigenvalue weighted by molar-refractivity contribution is 7.26. The summed E-state index contributed by atoms with van der Waals surface area (Å²) in [5.41, 5.74) is 16.2. The Balaban J connectivity index is 0.857. The van der Waals surface area contributed by atoms with Crippen molar-refractivity contribution >= 4 is 103 Å². The fraction of sp³-hybridized carbons (Fsp3) is 0. The molecule has 15 rings (SSSR count). The van der Waals surface area contributed by atoms with Crippen molar-refractivity contribution < 1.29 is 0 Å². The number of aromatic nitrogens is 1. The highest BCUT2D eigenvalue weighted by Crippen LogP contribution is 2.45. The zero-order valence-corrected chi connectivity index (χ0v) is 41.7. The lowest BCUT2D eigenvalue weighted by Crippen LogP contribution is -2.11. The van der Waals surface area contributed by atoms with Crippen molar-refractivity contribution in [1.29, 1.82) is 0 Å². The predicted molar refractivity (Wildman–Crippen MR) is 323 cm³/mol. The largest absolute Gasteiger partial charge is 0.310 e. The van der Waals surface area contributed by atoms with Crippen LogP contribution in [0.25, 0.3) is 124 Å². The van der Waals surface area contributed by atoms with Gasteiger partial charge in [0.05, 0.1) is 16.7 Å². The van der Waals surface area contributed by atoms with Crippen molar-refractivity contribution in [3.05, 3.63) is 279 Å². The third-order valence-corrected chi connectivity index (χ3v) is 16.6. The first-order chi connectivity index (χ1) is 37.2. The third-order valence-electron chi connectivity index (χ3n) is 15.4. The summed E-state index contributed by atoms with van der Waals surface area (Å²) in [6.07, 6.45) is 0. The summed E-state index contributed by atoms with van der Waals surface area (Å²) in [6, 6.07) is 103. The molecule has 0 aliphatic rings. The number of fused-ring (bicyclic) bond motifs is 11. The maximum atomic E-state index is 2.43. The van der Waals surface area contributed by atoms with Crippen molar-refractivity contribution in [2.75, 3.05) is 4.90 Å². The summed E-state index contributed by atoms with van der Waals surface area (Å²) in [5, 5.41) is 12.8. The van der Waals surface area contributed by atoms with Crippen LogP contribution in [0.1, 0.15) is 0 Å². The number of para-hydroxylation sites is 2. The standard InChI is InChI=1S/C72H46N2S/c1-2-13-49(14-3-1)67-45-55(54-28-27-52-26-25-50-15-4-6-19-60(50)66(52)44-54)35-42-70(67)73(58-38-31-48(32-39-58)56-34-40-64-65-41-33-51-16-5-7-20-61(51)72(65)75-71(64)46-56)57-36-29-47(30-37-57)53-17-12-18-59(43-53)74-68-23-10-8-21-62(68)63-22-9-11-24-69(63)74/h1-46H. The summed E-state index contributed by atoms with van der Waals surface area (Å²) in [5.74, 6) is 0. The maximum absolute atomic E-state index is 2.43. The molecule has 13 aromatic carbocycles. The van der Waals surface area contributed by atoms with Gasteiger partial charge >= 0.3 is 0 Å². The van der Waals surface area contributed by atoms with Crippen LogP contribution in [0.3, 0.4) is 0 Å². The van der Waals surface area contributed by atoms with Crippen molar-refractivity contribution in [3.63, 3.8) is 0 Å². The summed E-state index contributed by atoms with van der Waals surface area (Å²) >= 11 is 1.89. The van der Waals surface area contributed by atoms with Crippen molar-refractivity contribution in [2.45, 2.75) is 0 Å². The third kappa shape index (κ3) is 7.31. The Labute approximate surface area is 438 Å². The van der Waals surface area contributed by atoms with E-state index in [2.05, 4.69) is 289 Å². The molecule has 0 aliphatic heterocycles. The molecular formula is C72H46N2S. The van der Waals surface area contributed by atoms with Crippen molar-refractivity contribution in [1.82, 2.24) is 4.57 Å². The quantitative estimate of drug-likeness (QED) is 0.138. The highest BCUT2D eigenvalue weighted by atomic mass is 32.1. The first-order valence-electron chi connectivity index (χ1n) is 25.7. The van der Waals surface area contributed by atoms with E-state index in [9.17, 15) is 0 Å². The second kappa shape index (κ2) is 17.6. The van der Waals surface area contributed by atoms with Gasteiger partial charge in [-0.25, -0.2) is 0 Å². The van der Waals surface area contributed by atoms with Gasteiger partial charge in [-0.1, -0.05) is 206 Å². The van der Waals surface area contributed by atoms with Crippen molar-refractivity contribution in [2.24, 2.45) is 0 Å². The molecule has 0 radical (unpaired) electrons. The average molecular weight is 971 g/mol. The Kier molecular flexibility index (Phi) is 10.1. The molecule has 0 fully saturated rings. The molecule has 15 aromatic rings. The van der Waals surface area contributed by atoms with Gasteiger partial charge in [0, 0.05) is 53.6 Å². The lowest BCUT2D eigenvalue weighted by Gasteiger charge is -2.29. The lowest BCUT2D eigenvalue weighted by molar-refractivity contribution is 1.18. The second-order valence-corrected chi connectivity index (χ2v) is 20.7. The smallest absolute Gasteiger partial charge is 0.0541 e. The van der Waals surface area contributed by atoms with Gasteiger partial charge in [0.15, 0.2) is 0 Å². The molecule has 2 aromatic heterocycles. The fourth-order valence-electron chi connectivity index (χ4n) is 11.7. The van der Waals surface area contributed by atoms with E-state index in [1.807, 2.05) is 11.3 Å². The molecule has 0 bridgehead atoms. The molecule has 0 atom stereocenters. The summed E-state index contributed by atoms with van der Waals surface area (Å²) in [6.45, 7) is 0. The molecule has 3 heteroatoms. The fourth-order valence-corrected chi connectivity index (χ4v) is 13.0. The van der Waals surface area contributed by atoms with Crippen LogP contribution in [-0.2, 0) is 0 Å². The Morgan fingerprint density at radius 3 is 1.49 bits per heavy atom. The Bertz CT molecular complexity index is 4640. The van der Waals surface area contributed by atoms with Gasteiger partial charge in [-0.05, 0) is 144 Å². The van der Waals surface area contributed by atoms with Gasteiger partial charge in [-0.15, -0.1) is 11.3 Å². The van der Waals surface area contributed by atoms with Gasteiger partial charge in [-0.3, -0.25) is 0 Å². The minimum atomic E-state index is 1.08. The first kappa shape index (κ1) is 43.1. The molecule has 0 unspecified atom stereocenters. The molecule has 2 heterocycles. The van der Waals surface area contributed by atoms with E-state index >= 15 is 0 Å². The molecule has 0 aliphatic carbocycles. The van der Waals surface area contributed by atoms with E-state index in [0.29, 0.717) is 0 Å². The number of anilines is 3. The number of nitrogens with zero attached hydrogens (tertiary/aromatic N) is 2. The van der Waals surface area contributed by atoms with E-state index in [-0.39, 0.29) is 0 Å². The van der Waals surface area contributed by atoms with E-state index in [1.54, 1.807) is 0 Å². The lowest BCUT2D eigenvalue weighted by atomic mass is 9.93. The molecule has 75 heavy (non-hydrogen) atoms. The number of hydrogen-bond donors (Lipinski definition) is 0. The zero-order chi connectivity index (χ0) is 49.4. The molecule has 0 saturated heterocycles. The highest BCUT2D eigenvalue weighted by Gasteiger charge is 2.20. The van der Waals surface area contributed by atoms with Crippen LogP contribution < -0.4 is 4.90 Å². The zero-order valence-electron chi connectivity index (χ0n) is 40.9. The Morgan fingerprint density at radius 1 is 0.280 bits per heavy atom. The number of hydrogen-bond acceptors (Lipinski definition) is 2. The van der Waals surface area contributed by atoms with E-state index < -0.39 is 0 Å². The minimum Gasteiger partial charge on any atom is -0.310 e. The summed E-state index contributed by atoms with van der Waals surface area (Å²) in [7, 11) is 0. The van der Waals surface area contributed by atoms with Crippen LogP contribution in [-0.4, -0.2) is 4.57 Å². The molecule has 350 valence electrons. The molecule has 0 N–H and O–H groups in total. The minimum absolute atomic E-state index is 1.08. The predicted octanol–water partition coefficient (Wildman–Crippen LogP) is 20.7. The Morgan fingerprint density at radius 2 is 0.773 bits per heavy atom. The first-order valence-corrected chi connectivity index (χ1v) is 26.5. The van der Waals surface area contributed by atoms with E-state index in [0.717, 1.165) is 45.0 Å². The van der Waals surface area contributed by atoms with Gasteiger partial charge < -0.3 is 9.47 Å². The number of thiophene rings is 1. The van der Waals surface area contributed by atoms with Gasteiger partial charge in [0.2, 0.25) is 0 Å². The van der Waals surface area contributed by atoms with Gasteiger partial charge in [0.1, 0.15) is 0 Å². The van der Waals surface area contributed by atoms with Crippen LogP contribution in [0.2, 0.25) is 0 Å². The Hall–Kier alpha value is -9.54. The number of benzene rings is 13. The average Bonchev–Trinajstić information content (AvgIpc) is 4.04. The van der Waals surface area contributed by atoms with Crippen LogP contribution in [0.15, 0.2) is 279 Å². The molecular weight excluding hydrogens is 925 g/mol. The van der Waals surface area contributed by atoms with Crippen molar-refractivity contribution in [3.8, 4) is 50.2 Å². The van der Waals surface area contributed by atoms with E-state index in [4.69, 9.17) is 0 Å². The molecule has 0 spiro atoms. The summed E-state index contributed by atoms with van der Waals surface area (Å²) < 4.78 is 5.05. The van der Waals surface area contributed by atoms with Crippen LogP contribution >= 0.6 is 11.3 Å². The topological polar surface area (TPSA) is 8.17 Å². The van der Waals surface area contributed by atoms with Crippen LogP contribution in [0, 0.1) is 0 Å². The molecule has 2 nitrogen and oxygen atoms in total. The van der Waals surface area contributed by atoms with Crippen LogP contribution in [0.4, 0.5) is 17.1 Å². The monoisotopic (exact) mass is 970 g/mol. The summed E-state index contributed by atoms with van der Waals surface area (Å²) in [4.78, 5) is 2.43. The maximum Gasteiger partial charge on any atom is 0.0541 e. The van der Waals surface area contributed by atoms with Gasteiger partial charge in [0.25, 0.3) is 0 Å². The van der Waals surface area contributed by atoms with Crippen LogP contribution in [0.5, 0.6) is 0 Å². The SMILES string of the molecule is c1ccc(-c2cc(-c3ccc4ccc5ccccc5c4c3)ccc2N(c2ccc(-c3cccc(-n4c5ccccc5c5ccccc54)c3)cc2)c2ccc(-c3ccc4c(c3)sc3c5ccccc5ccc43)cc2)cc1. The second-order valence-electron chi connectivity index (χ2n) is 19.6.